The maximum absolute atomic E-state index is 13.8. The van der Waals surface area contributed by atoms with Crippen molar-refractivity contribution >= 4 is 39.8 Å². The summed E-state index contributed by atoms with van der Waals surface area (Å²) in [5.74, 6) is -0.826. The first-order chi connectivity index (χ1) is 18.5. The number of hydrogen-bond acceptors (Lipinski definition) is 7. The number of amides is 1. The van der Waals surface area contributed by atoms with Crippen LogP contribution in [0, 0.1) is 22.6 Å². The molecule has 1 saturated carbocycles. The van der Waals surface area contributed by atoms with Crippen molar-refractivity contribution in [2.75, 3.05) is 17.2 Å². The molecule has 0 bridgehead atoms. The summed E-state index contributed by atoms with van der Waals surface area (Å²) < 4.78 is 15.3. The fraction of sp³-hybridized carbons (Fsp3) is 0.321. The zero-order chi connectivity index (χ0) is 27.9. The minimum Gasteiger partial charge on any atom is -0.383 e. The van der Waals surface area contributed by atoms with Gasteiger partial charge in [-0.05, 0) is 48.1 Å². The molecular formula is C28H28ClFN8O. The van der Waals surface area contributed by atoms with E-state index in [2.05, 4.69) is 52.8 Å². The van der Waals surface area contributed by atoms with Crippen molar-refractivity contribution in [1.82, 2.24) is 20.0 Å². The highest BCUT2D eigenvalue weighted by molar-refractivity contribution is 6.35. The zero-order valence-corrected chi connectivity index (χ0v) is 22.6. The molecule has 0 saturated heterocycles. The summed E-state index contributed by atoms with van der Waals surface area (Å²) in [4.78, 5) is 16.5. The average Bonchev–Trinajstić information content (AvgIpc) is 3.56. The van der Waals surface area contributed by atoms with Gasteiger partial charge in [0.15, 0.2) is 0 Å². The molecule has 9 nitrogen and oxygen atoms in total. The van der Waals surface area contributed by atoms with Crippen LogP contribution in [0.4, 0.5) is 15.8 Å². The highest BCUT2D eigenvalue weighted by Crippen LogP contribution is 2.43. The minimum atomic E-state index is -0.863. The first-order valence-electron chi connectivity index (χ1n) is 12.5. The van der Waals surface area contributed by atoms with Gasteiger partial charge in [-0.1, -0.05) is 49.7 Å². The molecular weight excluding hydrogens is 519 g/mol. The molecule has 0 spiro atoms. The van der Waals surface area contributed by atoms with Crippen LogP contribution in [0.1, 0.15) is 56.5 Å². The molecule has 0 radical (unpaired) electrons. The third-order valence-corrected chi connectivity index (χ3v) is 7.07. The number of rotatable bonds is 8. The Labute approximate surface area is 230 Å². The number of nitrogens with one attached hydrogen (secondary N) is 2. The average molecular weight is 547 g/mol. The van der Waals surface area contributed by atoms with E-state index in [0.29, 0.717) is 57.9 Å². The van der Waals surface area contributed by atoms with Gasteiger partial charge in [-0.15, -0.1) is 5.10 Å². The number of nitriles is 1. The van der Waals surface area contributed by atoms with E-state index < -0.39 is 17.5 Å². The van der Waals surface area contributed by atoms with Gasteiger partial charge in [0, 0.05) is 23.8 Å². The van der Waals surface area contributed by atoms with Crippen LogP contribution in [0.2, 0.25) is 5.02 Å². The van der Waals surface area contributed by atoms with Gasteiger partial charge in [-0.25, -0.2) is 9.07 Å². The number of primary amides is 1. The third kappa shape index (κ3) is 5.22. The fourth-order valence-corrected chi connectivity index (χ4v) is 4.71. The number of aromatic nitrogens is 4. The molecule has 11 heteroatoms. The number of hydrogen-bond donors (Lipinski definition) is 3. The molecule has 4 N–H and O–H groups in total. The number of anilines is 2. The molecule has 4 aromatic rings. The molecule has 5 rings (SSSR count). The van der Waals surface area contributed by atoms with Gasteiger partial charge in [-0.3, -0.25) is 9.78 Å². The van der Waals surface area contributed by atoms with Crippen LogP contribution >= 0.6 is 11.6 Å². The van der Waals surface area contributed by atoms with Crippen LogP contribution in [-0.4, -0.2) is 32.4 Å². The molecule has 1 fully saturated rings. The summed E-state index contributed by atoms with van der Waals surface area (Å²) in [5.41, 5.74) is 8.19. The summed E-state index contributed by atoms with van der Waals surface area (Å²) in [6, 6.07) is 11.3. The minimum absolute atomic E-state index is 0.0364. The van der Waals surface area contributed by atoms with Crippen molar-refractivity contribution in [3.05, 3.63) is 76.5 Å². The maximum Gasteiger partial charge on any atom is 0.245 e. The van der Waals surface area contributed by atoms with Crippen molar-refractivity contribution < 1.29 is 9.18 Å². The number of carbonyl (C=O) groups excluding carboxylic acids is 1. The topological polar surface area (TPSA) is 135 Å². The summed E-state index contributed by atoms with van der Waals surface area (Å²) in [6.07, 6.45) is 4.39. The third-order valence-electron chi connectivity index (χ3n) is 6.78. The second-order valence-corrected chi connectivity index (χ2v) is 11.4. The van der Waals surface area contributed by atoms with Crippen LogP contribution in [0.5, 0.6) is 0 Å². The number of benzene rings is 2. The summed E-state index contributed by atoms with van der Waals surface area (Å²) >= 11 is 6.68. The Balaban J connectivity index is 1.58. The summed E-state index contributed by atoms with van der Waals surface area (Å²) in [6.45, 7) is 6.92. The van der Waals surface area contributed by atoms with E-state index in [1.807, 2.05) is 6.07 Å². The smallest absolute Gasteiger partial charge is 0.245 e. The molecule has 2 aromatic carbocycles. The molecule has 39 heavy (non-hydrogen) atoms. The molecule has 2 aromatic heterocycles. The van der Waals surface area contributed by atoms with Crippen molar-refractivity contribution in [1.29, 1.82) is 5.26 Å². The lowest BCUT2D eigenvalue weighted by atomic mass is 9.96. The van der Waals surface area contributed by atoms with Crippen molar-refractivity contribution in [3.63, 3.8) is 0 Å². The predicted molar refractivity (Wildman–Crippen MR) is 148 cm³/mol. The molecule has 0 aliphatic heterocycles. The van der Waals surface area contributed by atoms with Gasteiger partial charge < -0.3 is 16.4 Å². The van der Waals surface area contributed by atoms with Gasteiger partial charge in [0.2, 0.25) is 5.91 Å². The highest BCUT2D eigenvalue weighted by atomic mass is 35.5. The number of fused-ring (bicyclic) bond motifs is 1. The van der Waals surface area contributed by atoms with Crippen molar-refractivity contribution in [2.24, 2.45) is 11.1 Å². The van der Waals surface area contributed by atoms with Crippen LogP contribution in [0.25, 0.3) is 10.9 Å². The van der Waals surface area contributed by atoms with E-state index in [9.17, 15) is 14.4 Å². The van der Waals surface area contributed by atoms with E-state index in [4.69, 9.17) is 17.3 Å². The summed E-state index contributed by atoms with van der Waals surface area (Å²) in [5, 5.41) is 26.2. The maximum atomic E-state index is 13.8. The molecule has 1 atom stereocenters. The number of halogens is 2. The first-order valence-corrected chi connectivity index (χ1v) is 12.9. The lowest BCUT2D eigenvalue weighted by molar-refractivity contribution is -0.122. The largest absolute Gasteiger partial charge is 0.383 e. The monoisotopic (exact) mass is 546 g/mol. The van der Waals surface area contributed by atoms with Gasteiger partial charge in [0.25, 0.3) is 0 Å². The normalized spacial score (nSPS) is 15.0. The quantitative estimate of drug-likeness (QED) is 0.279. The molecule has 200 valence electrons. The Morgan fingerprint density at radius 2 is 2.00 bits per heavy atom. The van der Waals surface area contributed by atoms with E-state index in [1.54, 1.807) is 24.4 Å². The van der Waals surface area contributed by atoms with Crippen molar-refractivity contribution in [3.8, 4) is 6.07 Å². The Kier molecular flexibility index (Phi) is 6.64. The molecule has 0 unspecified atom stereocenters. The van der Waals surface area contributed by atoms with Crippen LogP contribution < -0.4 is 16.4 Å². The second-order valence-electron chi connectivity index (χ2n) is 11.0. The SMILES string of the molecule is CC(C)(C)CNc1c(C#N)cnc2c(Cl)cc(N[C@@H](c3ccc(F)cc3)c3cn(C4(C(N)=O)CC4)nn3)cc12. The van der Waals surface area contributed by atoms with Gasteiger partial charge in [0.05, 0.1) is 34.0 Å². The standard InChI is InChI=1S/C28H28ClFN8O/c1-27(2,3)15-34-23-17(12-31)13-33-25-20(23)10-19(11-21(25)29)35-24(16-4-6-18(30)7-5-16)22-14-38(37-36-22)28(8-9-28)26(32)39/h4-7,10-11,13-14,24,35H,8-9,15H2,1-3H3,(H2,32,39)(H,33,34)/t24-/m0/s1. The Morgan fingerprint density at radius 3 is 2.62 bits per heavy atom. The zero-order valence-electron chi connectivity index (χ0n) is 21.8. The summed E-state index contributed by atoms with van der Waals surface area (Å²) in [7, 11) is 0. The number of nitrogens with two attached hydrogens (primary N) is 1. The lowest BCUT2D eigenvalue weighted by Crippen LogP contribution is -2.34. The van der Waals surface area contributed by atoms with E-state index in [1.165, 1.54) is 23.0 Å². The Hall–Kier alpha value is -4.23. The number of pyridine rings is 1. The fourth-order valence-electron chi connectivity index (χ4n) is 4.45. The van der Waals surface area contributed by atoms with Crippen LogP contribution in [-0.2, 0) is 10.3 Å². The first kappa shape index (κ1) is 26.4. The second kappa shape index (κ2) is 9.82. The van der Waals surface area contributed by atoms with E-state index >= 15 is 0 Å². The van der Waals surface area contributed by atoms with E-state index in [0.717, 1.165) is 5.56 Å². The van der Waals surface area contributed by atoms with Gasteiger partial charge >= 0.3 is 0 Å². The van der Waals surface area contributed by atoms with E-state index in [-0.39, 0.29) is 11.2 Å². The molecule has 2 heterocycles. The van der Waals surface area contributed by atoms with Crippen LogP contribution in [0.3, 0.4) is 0 Å². The predicted octanol–water partition coefficient (Wildman–Crippen LogP) is 5.12. The number of nitrogens with zero attached hydrogens (tertiary/aromatic N) is 5. The highest BCUT2D eigenvalue weighted by Gasteiger charge is 2.52. The van der Waals surface area contributed by atoms with Crippen LogP contribution in [0.15, 0.2) is 48.8 Å². The Morgan fingerprint density at radius 1 is 1.28 bits per heavy atom. The van der Waals surface area contributed by atoms with Gasteiger partial charge in [-0.2, -0.15) is 5.26 Å². The van der Waals surface area contributed by atoms with Gasteiger partial charge in [0.1, 0.15) is 23.1 Å². The number of carbonyl (C=O) groups is 1. The Bertz CT molecular complexity index is 1600. The lowest BCUT2D eigenvalue weighted by Gasteiger charge is -2.22. The van der Waals surface area contributed by atoms with Crippen molar-refractivity contribution in [2.45, 2.75) is 45.2 Å². The molecule has 1 amide bonds. The molecule has 1 aliphatic rings. The molecule has 1 aliphatic carbocycles.